The first-order chi connectivity index (χ1) is 13.4. The molecule has 142 valence electrons. The second-order valence-corrected chi connectivity index (χ2v) is 7.28. The molecule has 4 rings (SSSR count). The molecule has 1 aliphatic rings. The van der Waals surface area contributed by atoms with Gasteiger partial charge in [0, 0.05) is 5.02 Å². The fourth-order valence-electron chi connectivity index (χ4n) is 3.03. The quantitative estimate of drug-likeness (QED) is 0.648. The van der Waals surface area contributed by atoms with Crippen LogP contribution in [0.1, 0.15) is 18.4 Å². The second-order valence-electron chi connectivity index (χ2n) is 6.44. The lowest BCUT2D eigenvalue weighted by Gasteiger charge is -2.21. The molecular formula is C19H14Cl2N4O3. The Morgan fingerprint density at radius 2 is 1.86 bits per heavy atom. The summed E-state index contributed by atoms with van der Waals surface area (Å²) in [7, 11) is 0. The lowest BCUT2D eigenvalue weighted by molar-refractivity contribution is -0.131. The number of nitrogens with one attached hydrogen (secondary N) is 1. The molecule has 2 heterocycles. The lowest BCUT2D eigenvalue weighted by Crippen LogP contribution is -2.40. The van der Waals surface area contributed by atoms with E-state index in [0.717, 1.165) is 4.90 Å². The minimum atomic E-state index is -1.15. The molecule has 1 atom stereocenters. The molecule has 3 aromatic rings. The van der Waals surface area contributed by atoms with Crippen LogP contribution in [-0.2, 0) is 16.9 Å². The van der Waals surface area contributed by atoms with Gasteiger partial charge in [0.2, 0.25) is 11.8 Å². The molecule has 9 heteroatoms. The molecule has 7 nitrogen and oxygen atoms in total. The lowest BCUT2D eigenvalue weighted by atomic mass is 9.92. The van der Waals surface area contributed by atoms with Crippen LogP contribution < -0.4 is 5.32 Å². The average Bonchev–Trinajstić information content (AvgIpc) is 3.22. The van der Waals surface area contributed by atoms with E-state index in [1.165, 1.54) is 0 Å². The molecule has 1 N–H and O–H groups in total. The molecule has 2 aromatic carbocycles. The first-order valence-electron chi connectivity index (χ1n) is 8.36. The van der Waals surface area contributed by atoms with Crippen molar-refractivity contribution in [3.8, 4) is 11.5 Å². The summed E-state index contributed by atoms with van der Waals surface area (Å²) in [5.41, 5.74) is 0.0480. The van der Waals surface area contributed by atoms with Crippen molar-refractivity contribution in [3.63, 3.8) is 0 Å². The fraction of sp³-hybridized carbons (Fsp3) is 0.158. The van der Waals surface area contributed by atoms with Crippen molar-refractivity contribution in [2.24, 2.45) is 0 Å². The fourth-order valence-corrected chi connectivity index (χ4v) is 3.52. The molecule has 1 aromatic heterocycles. The Balaban J connectivity index is 1.58. The van der Waals surface area contributed by atoms with E-state index in [1.807, 2.05) is 18.2 Å². The van der Waals surface area contributed by atoms with Crippen molar-refractivity contribution in [2.75, 3.05) is 0 Å². The summed E-state index contributed by atoms with van der Waals surface area (Å²) in [5.74, 6) is -0.107. The van der Waals surface area contributed by atoms with Gasteiger partial charge in [-0.05, 0) is 30.7 Å². The first kappa shape index (κ1) is 18.5. The Bertz CT molecular complexity index is 1070. The summed E-state index contributed by atoms with van der Waals surface area (Å²) >= 11 is 12.0. The van der Waals surface area contributed by atoms with Crippen LogP contribution in [0.15, 0.2) is 52.9 Å². The predicted molar refractivity (Wildman–Crippen MR) is 103 cm³/mol. The van der Waals surface area contributed by atoms with Crippen LogP contribution in [0.5, 0.6) is 0 Å². The molecule has 1 unspecified atom stereocenters. The van der Waals surface area contributed by atoms with Crippen molar-refractivity contribution in [3.05, 3.63) is 70.0 Å². The summed E-state index contributed by atoms with van der Waals surface area (Å²) in [5, 5.41) is 11.4. The Morgan fingerprint density at radius 3 is 2.57 bits per heavy atom. The molecule has 3 amide bonds. The SMILES string of the molecule is CC1(c2ccccc2)NC(=O)N(Cc2nnc(-c3ccc(Cl)cc3Cl)o2)C1=O. The van der Waals surface area contributed by atoms with Crippen molar-refractivity contribution in [2.45, 2.75) is 19.0 Å². The van der Waals surface area contributed by atoms with Gasteiger partial charge in [-0.2, -0.15) is 0 Å². The van der Waals surface area contributed by atoms with Crippen molar-refractivity contribution < 1.29 is 14.0 Å². The van der Waals surface area contributed by atoms with Gasteiger partial charge in [0.15, 0.2) is 0 Å². The van der Waals surface area contributed by atoms with Gasteiger partial charge in [-0.15, -0.1) is 10.2 Å². The van der Waals surface area contributed by atoms with Crippen LogP contribution >= 0.6 is 23.2 Å². The summed E-state index contributed by atoms with van der Waals surface area (Å²) in [6.45, 7) is 1.51. The third-order valence-electron chi connectivity index (χ3n) is 4.55. The van der Waals surface area contributed by atoms with E-state index in [2.05, 4.69) is 15.5 Å². The van der Waals surface area contributed by atoms with Gasteiger partial charge in [-0.25, -0.2) is 4.79 Å². The highest BCUT2D eigenvalue weighted by Gasteiger charge is 2.49. The van der Waals surface area contributed by atoms with E-state index in [-0.39, 0.29) is 18.3 Å². The number of rotatable bonds is 4. The van der Waals surface area contributed by atoms with E-state index >= 15 is 0 Å². The largest absolute Gasteiger partial charge is 0.419 e. The average molecular weight is 417 g/mol. The number of carbonyl (C=O) groups is 2. The number of imide groups is 1. The molecule has 0 radical (unpaired) electrons. The molecule has 0 spiro atoms. The number of amides is 3. The van der Waals surface area contributed by atoms with Crippen molar-refractivity contribution in [1.29, 1.82) is 0 Å². The molecular weight excluding hydrogens is 403 g/mol. The number of benzene rings is 2. The number of urea groups is 1. The van der Waals surface area contributed by atoms with Gasteiger partial charge >= 0.3 is 6.03 Å². The molecule has 0 bridgehead atoms. The van der Waals surface area contributed by atoms with Gasteiger partial charge in [0.05, 0.1) is 10.6 Å². The monoisotopic (exact) mass is 416 g/mol. The number of hydrogen-bond donors (Lipinski definition) is 1. The molecule has 0 saturated carbocycles. The standard InChI is InChI=1S/C19H14Cl2N4O3/c1-19(11-5-3-2-4-6-11)17(26)25(18(27)22-19)10-15-23-24-16(28-15)13-8-7-12(20)9-14(13)21/h2-9H,10H2,1H3,(H,22,27). The number of aromatic nitrogens is 2. The maximum absolute atomic E-state index is 12.9. The smallest absolute Gasteiger partial charge is 0.325 e. The Kier molecular flexibility index (Phi) is 4.56. The van der Waals surface area contributed by atoms with Crippen molar-refractivity contribution in [1.82, 2.24) is 20.4 Å². The van der Waals surface area contributed by atoms with Gasteiger partial charge in [-0.1, -0.05) is 53.5 Å². The minimum Gasteiger partial charge on any atom is -0.419 e. The summed E-state index contributed by atoms with van der Waals surface area (Å²) in [4.78, 5) is 26.4. The highest BCUT2D eigenvalue weighted by molar-refractivity contribution is 6.36. The maximum atomic E-state index is 12.9. The van der Waals surface area contributed by atoms with E-state index in [9.17, 15) is 9.59 Å². The highest BCUT2D eigenvalue weighted by atomic mass is 35.5. The van der Waals surface area contributed by atoms with Gasteiger partial charge in [-0.3, -0.25) is 9.69 Å². The van der Waals surface area contributed by atoms with E-state index < -0.39 is 17.5 Å². The van der Waals surface area contributed by atoms with Crippen molar-refractivity contribution >= 4 is 35.1 Å². The van der Waals surface area contributed by atoms with Crippen LogP contribution in [0, 0.1) is 0 Å². The molecule has 1 fully saturated rings. The molecule has 28 heavy (non-hydrogen) atoms. The number of hydrogen-bond acceptors (Lipinski definition) is 5. The molecule has 1 aliphatic heterocycles. The van der Waals surface area contributed by atoms with Gasteiger partial charge in [0.25, 0.3) is 5.91 Å². The number of nitrogens with zero attached hydrogens (tertiary/aromatic N) is 3. The Morgan fingerprint density at radius 1 is 1.11 bits per heavy atom. The van der Waals surface area contributed by atoms with Crippen LogP contribution in [0.4, 0.5) is 4.79 Å². The zero-order valence-electron chi connectivity index (χ0n) is 14.6. The summed E-state index contributed by atoms with van der Waals surface area (Å²) in [6, 6.07) is 13.4. The third kappa shape index (κ3) is 3.12. The maximum Gasteiger partial charge on any atom is 0.325 e. The van der Waals surface area contributed by atoms with Crippen LogP contribution in [0.25, 0.3) is 11.5 Å². The van der Waals surface area contributed by atoms with E-state index in [1.54, 1.807) is 37.3 Å². The zero-order valence-corrected chi connectivity index (χ0v) is 16.2. The third-order valence-corrected chi connectivity index (χ3v) is 5.10. The number of carbonyl (C=O) groups excluding carboxylic acids is 2. The van der Waals surface area contributed by atoms with Crippen LogP contribution in [0.2, 0.25) is 10.0 Å². The predicted octanol–water partition coefficient (Wildman–Crippen LogP) is 4.01. The number of halogens is 2. The summed E-state index contributed by atoms with van der Waals surface area (Å²) in [6.07, 6.45) is 0. The normalized spacial score (nSPS) is 19.2. The van der Waals surface area contributed by atoms with Crippen LogP contribution in [0.3, 0.4) is 0 Å². The molecule has 0 aliphatic carbocycles. The topological polar surface area (TPSA) is 88.3 Å². The van der Waals surface area contributed by atoms with Crippen LogP contribution in [-0.4, -0.2) is 27.0 Å². The zero-order chi connectivity index (χ0) is 19.9. The second kappa shape index (κ2) is 6.92. The molecule has 1 saturated heterocycles. The van der Waals surface area contributed by atoms with Gasteiger partial charge in [0.1, 0.15) is 12.1 Å². The minimum absolute atomic E-state index is 0.113. The first-order valence-corrected chi connectivity index (χ1v) is 9.11. The van der Waals surface area contributed by atoms with E-state index in [0.29, 0.717) is 21.2 Å². The Hall–Kier alpha value is -2.90. The van der Waals surface area contributed by atoms with Gasteiger partial charge < -0.3 is 9.73 Å². The summed E-state index contributed by atoms with van der Waals surface area (Å²) < 4.78 is 5.60. The Labute approximate surface area is 170 Å². The highest BCUT2D eigenvalue weighted by Crippen LogP contribution is 2.31. The van der Waals surface area contributed by atoms with E-state index in [4.69, 9.17) is 27.6 Å².